The van der Waals surface area contributed by atoms with Gasteiger partial charge >= 0.3 is 59.1 Å². The maximum absolute atomic E-state index is 12.3. The molecule has 0 fully saturated rings. The van der Waals surface area contributed by atoms with Crippen molar-refractivity contribution in [2.45, 2.75) is 9.79 Å². The molecule has 0 amide bonds. The summed E-state index contributed by atoms with van der Waals surface area (Å²) in [5.74, 6) is -1.22. The summed E-state index contributed by atoms with van der Waals surface area (Å²) in [6.07, 6.45) is 0. The fraction of sp³-hybridized carbons (Fsp3) is 0. The Balaban J connectivity index is 0.00000240. The van der Waals surface area contributed by atoms with Crippen LogP contribution in [0.15, 0.2) is 62.5 Å². The minimum Gasteiger partial charge on any atom is -0.872 e. The van der Waals surface area contributed by atoms with E-state index in [0.29, 0.717) is 6.07 Å². The molecule has 0 radical (unpaired) electrons. The third kappa shape index (κ3) is 6.16. The first-order chi connectivity index (χ1) is 13.4. The zero-order valence-electron chi connectivity index (χ0n) is 16.2. The van der Waals surface area contributed by atoms with Crippen LogP contribution < -0.4 is 75.1 Å². The largest absolute Gasteiger partial charge is 1.00 e. The van der Waals surface area contributed by atoms with Crippen molar-refractivity contribution in [2.75, 3.05) is 5.73 Å². The molecule has 15 heteroatoms. The summed E-state index contributed by atoms with van der Waals surface area (Å²) in [7, 11) is -9.68. The van der Waals surface area contributed by atoms with Gasteiger partial charge in [-0.05, 0) is 41.1 Å². The van der Waals surface area contributed by atoms with Crippen molar-refractivity contribution in [3.05, 3.63) is 42.5 Å². The summed E-state index contributed by atoms with van der Waals surface area (Å²) in [6, 6.07) is 7.19. The standard InChI is InChI=1S/C16H13N3O8S2.2Na/c17-15-14-8(5-11(7-12(14)21)28(22,23)24)6-13(29(25,26)27)16(15)19-18-9-1-3-10(20)4-2-9;;/h1-7,20-21H,17H2,(H,22,23,24)(H,25,26,27);;/q;2*+1/p-2. The Labute approximate surface area is 221 Å². The number of fused-ring (bicyclic) bond motifs is 1. The first-order valence-electron chi connectivity index (χ1n) is 7.59. The Kier molecular flexibility index (Phi) is 9.07. The molecule has 0 aliphatic carbocycles. The second-order valence-electron chi connectivity index (χ2n) is 5.80. The minimum absolute atomic E-state index is 0. The summed E-state index contributed by atoms with van der Waals surface area (Å²) in [6.45, 7) is 0. The van der Waals surface area contributed by atoms with Crippen LogP contribution in [-0.2, 0) is 20.2 Å². The second kappa shape index (κ2) is 10.1. The predicted octanol–water partition coefficient (Wildman–Crippen LogP) is -4.51. The van der Waals surface area contributed by atoms with Crippen molar-refractivity contribution in [1.82, 2.24) is 0 Å². The maximum Gasteiger partial charge on any atom is 1.00 e. The van der Waals surface area contributed by atoms with Crippen molar-refractivity contribution in [2.24, 2.45) is 10.2 Å². The molecule has 3 aromatic rings. The van der Waals surface area contributed by atoms with Crippen molar-refractivity contribution in [1.29, 1.82) is 0 Å². The SMILES string of the molecule is Nc1c(N=Nc2ccc([O-])cc2)c(S(=O)(=O)O)cc2cc(S(=O)(=O)O)cc([O-])c12.[Na+].[Na+]. The molecule has 0 saturated heterocycles. The number of nitrogens with zero attached hydrogens (tertiary/aromatic N) is 2. The number of benzene rings is 3. The van der Waals surface area contributed by atoms with Gasteiger partial charge in [-0.3, -0.25) is 9.11 Å². The topological polar surface area (TPSA) is 206 Å². The third-order valence-corrected chi connectivity index (χ3v) is 5.53. The minimum atomic E-state index is -4.92. The Morgan fingerprint density at radius 3 is 1.94 bits per heavy atom. The van der Waals surface area contributed by atoms with Crippen LogP contribution in [0.3, 0.4) is 0 Å². The van der Waals surface area contributed by atoms with Crippen LogP contribution in [0.5, 0.6) is 11.5 Å². The number of hydrogen-bond acceptors (Lipinski definition) is 9. The third-order valence-electron chi connectivity index (χ3n) is 3.83. The van der Waals surface area contributed by atoms with E-state index in [1.807, 2.05) is 0 Å². The first kappa shape index (κ1) is 27.8. The molecule has 0 heterocycles. The number of rotatable bonds is 4. The van der Waals surface area contributed by atoms with Gasteiger partial charge in [0.1, 0.15) is 10.6 Å². The van der Waals surface area contributed by atoms with Crippen molar-refractivity contribution >= 4 is 48.1 Å². The molecule has 3 rings (SSSR count). The molecule has 0 unspecified atom stereocenters. The monoisotopic (exact) mass is 483 g/mol. The predicted molar refractivity (Wildman–Crippen MR) is 97.5 cm³/mol. The molecule has 0 atom stereocenters. The van der Waals surface area contributed by atoms with Crippen LogP contribution in [0, 0.1) is 0 Å². The smallest absolute Gasteiger partial charge is 0.872 e. The maximum atomic E-state index is 12.3. The molecule has 31 heavy (non-hydrogen) atoms. The number of hydrogen-bond donors (Lipinski definition) is 3. The molecule has 0 bridgehead atoms. The molecule has 152 valence electrons. The van der Waals surface area contributed by atoms with Gasteiger partial charge in [-0.2, -0.15) is 21.9 Å². The average Bonchev–Trinajstić information content (AvgIpc) is 2.60. The molecule has 3 aromatic carbocycles. The zero-order chi connectivity index (χ0) is 21.6. The second-order valence-corrected chi connectivity index (χ2v) is 8.61. The van der Waals surface area contributed by atoms with Gasteiger partial charge in [-0.15, -0.1) is 10.9 Å². The van der Waals surface area contributed by atoms with Gasteiger partial charge in [0, 0.05) is 0 Å². The van der Waals surface area contributed by atoms with Crippen LogP contribution in [0.1, 0.15) is 0 Å². The van der Waals surface area contributed by atoms with Gasteiger partial charge in [0.2, 0.25) is 0 Å². The van der Waals surface area contributed by atoms with E-state index in [4.69, 9.17) is 10.3 Å². The number of nitrogen functional groups attached to an aromatic ring is 1. The number of azo groups is 1. The van der Waals surface area contributed by atoms with Crippen LogP contribution in [0.4, 0.5) is 17.1 Å². The van der Waals surface area contributed by atoms with Gasteiger partial charge in [0.05, 0.1) is 16.3 Å². The van der Waals surface area contributed by atoms with Crippen molar-refractivity contribution in [3.8, 4) is 11.5 Å². The molecule has 0 aliphatic heterocycles. The van der Waals surface area contributed by atoms with E-state index in [9.17, 15) is 31.6 Å². The van der Waals surface area contributed by atoms with E-state index in [0.717, 1.165) is 12.1 Å². The van der Waals surface area contributed by atoms with Crippen LogP contribution >= 0.6 is 0 Å². The zero-order valence-corrected chi connectivity index (χ0v) is 21.8. The van der Waals surface area contributed by atoms with Gasteiger partial charge < -0.3 is 15.9 Å². The van der Waals surface area contributed by atoms with Crippen molar-refractivity contribution < 1.29 is 95.3 Å². The van der Waals surface area contributed by atoms with E-state index < -0.39 is 47.2 Å². The molecule has 11 nitrogen and oxygen atoms in total. The van der Waals surface area contributed by atoms with E-state index >= 15 is 0 Å². The van der Waals surface area contributed by atoms with E-state index in [1.54, 1.807) is 0 Å². The van der Waals surface area contributed by atoms with Gasteiger partial charge in [-0.25, -0.2) is 0 Å². The van der Waals surface area contributed by atoms with E-state index in [1.165, 1.54) is 24.3 Å². The van der Waals surface area contributed by atoms with Gasteiger partial charge in [0.15, 0.2) is 0 Å². The molecular weight excluding hydrogens is 472 g/mol. The molecule has 0 saturated carbocycles. The normalized spacial score (nSPS) is 11.8. The summed E-state index contributed by atoms with van der Waals surface area (Å²) >= 11 is 0. The van der Waals surface area contributed by atoms with E-state index in [-0.39, 0.29) is 81.3 Å². The average molecular weight is 483 g/mol. The molecule has 0 aliphatic rings. The summed E-state index contributed by atoms with van der Waals surface area (Å²) in [5.41, 5.74) is 5.00. The molecule has 0 aromatic heterocycles. The Morgan fingerprint density at radius 2 is 1.42 bits per heavy atom. The Morgan fingerprint density at radius 1 is 0.839 bits per heavy atom. The number of nitrogens with two attached hydrogens (primary N) is 1. The summed E-state index contributed by atoms with van der Waals surface area (Å²) in [5, 5.41) is 30.3. The summed E-state index contributed by atoms with van der Waals surface area (Å²) in [4.78, 5) is -1.61. The fourth-order valence-electron chi connectivity index (χ4n) is 2.54. The molecular formula is C16H11N3Na2O8S2. The first-order valence-corrected chi connectivity index (χ1v) is 10.5. The number of anilines is 1. The molecule has 4 N–H and O–H groups in total. The Bertz CT molecular complexity index is 1380. The summed E-state index contributed by atoms with van der Waals surface area (Å²) < 4.78 is 64.8. The van der Waals surface area contributed by atoms with Gasteiger partial charge in [0.25, 0.3) is 20.2 Å². The fourth-order valence-corrected chi connectivity index (χ4v) is 3.75. The van der Waals surface area contributed by atoms with Crippen LogP contribution in [-0.4, -0.2) is 25.9 Å². The quantitative estimate of drug-likeness (QED) is 0.141. The van der Waals surface area contributed by atoms with Crippen molar-refractivity contribution in [3.63, 3.8) is 0 Å². The van der Waals surface area contributed by atoms with Gasteiger partial charge in [-0.1, -0.05) is 17.9 Å². The van der Waals surface area contributed by atoms with Crippen LogP contribution in [0.2, 0.25) is 0 Å². The van der Waals surface area contributed by atoms with E-state index in [2.05, 4.69) is 10.2 Å². The molecule has 0 spiro atoms. The van der Waals surface area contributed by atoms with Crippen LogP contribution in [0.25, 0.3) is 10.8 Å². The Hall–Kier alpha value is -1.26.